The Morgan fingerprint density at radius 1 is 1.41 bits per heavy atom. The molecule has 3 N–H and O–H groups in total. The van der Waals surface area contributed by atoms with Crippen LogP contribution in [0, 0.1) is 6.92 Å². The summed E-state index contributed by atoms with van der Waals surface area (Å²) < 4.78 is 0.735. The van der Waals surface area contributed by atoms with Gasteiger partial charge in [0.2, 0.25) is 0 Å². The average Bonchev–Trinajstić information content (AvgIpc) is 2.23. The summed E-state index contributed by atoms with van der Waals surface area (Å²) in [6.07, 6.45) is 0. The number of carbonyl (C=O) groups excluding carboxylic acids is 1. The van der Waals surface area contributed by atoms with Gasteiger partial charge in [0.25, 0.3) is 5.91 Å². The molecule has 0 fully saturated rings. The zero-order valence-corrected chi connectivity index (χ0v) is 10.7. The minimum absolute atomic E-state index is 0.344. The van der Waals surface area contributed by atoms with Crippen LogP contribution in [0.2, 0.25) is 0 Å². The topological polar surface area (TPSA) is 86.6 Å². The molecule has 0 unspecified atom stereocenters. The molecule has 0 bridgehead atoms. The molecule has 92 valence electrons. The molecule has 5 nitrogen and oxygen atoms in total. The first kappa shape index (κ1) is 13.7. The van der Waals surface area contributed by atoms with Crippen molar-refractivity contribution in [2.75, 3.05) is 6.61 Å². The van der Waals surface area contributed by atoms with Gasteiger partial charge in [0.15, 0.2) is 6.04 Å². The van der Waals surface area contributed by atoms with E-state index in [-0.39, 0.29) is 0 Å². The Labute approximate surface area is 107 Å². The minimum Gasteiger partial charge on any atom is -0.480 e. The van der Waals surface area contributed by atoms with Gasteiger partial charge in [-0.2, -0.15) is 0 Å². The number of hydrogen-bond acceptors (Lipinski definition) is 3. The molecule has 0 aromatic heterocycles. The monoisotopic (exact) mass is 301 g/mol. The van der Waals surface area contributed by atoms with Gasteiger partial charge in [-0.15, -0.1) is 0 Å². The molecule has 0 spiro atoms. The number of carboxylic acid groups (broad SMARTS) is 1. The van der Waals surface area contributed by atoms with Crippen LogP contribution in [0.25, 0.3) is 0 Å². The van der Waals surface area contributed by atoms with Gasteiger partial charge in [0, 0.05) is 10.0 Å². The molecule has 1 amide bonds. The number of aliphatic hydroxyl groups excluding tert-OH is 1. The van der Waals surface area contributed by atoms with Gasteiger partial charge >= 0.3 is 5.97 Å². The van der Waals surface area contributed by atoms with E-state index in [1.807, 2.05) is 13.0 Å². The molecule has 1 aromatic carbocycles. The van der Waals surface area contributed by atoms with Crippen LogP contribution in [-0.4, -0.2) is 34.7 Å². The summed E-state index contributed by atoms with van der Waals surface area (Å²) in [5.74, 6) is -1.80. The van der Waals surface area contributed by atoms with Crippen molar-refractivity contribution in [1.29, 1.82) is 0 Å². The highest BCUT2D eigenvalue weighted by Crippen LogP contribution is 2.15. The van der Waals surface area contributed by atoms with Crippen LogP contribution in [0.4, 0.5) is 0 Å². The SMILES string of the molecule is Cc1cc(Br)cc(C(=O)N[C@@H](CO)C(=O)O)c1. The summed E-state index contributed by atoms with van der Waals surface area (Å²) in [5, 5.41) is 19.7. The zero-order chi connectivity index (χ0) is 13.0. The normalized spacial score (nSPS) is 11.9. The van der Waals surface area contributed by atoms with Crippen LogP contribution < -0.4 is 5.32 Å². The Morgan fingerprint density at radius 3 is 2.53 bits per heavy atom. The third-order valence-electron chi connectivity index (χ3n) is 2.09. The molecule has 1 aromatic rings. The molecule has 1 rings (SSSR count). The van der Waals surface area contributed by atoms with Crippen LogP contribution in [0.1, 0.15) is 15.9 Å². The van der Waals surface area contributed by atoms with Gasteiger partial charge in [0.1, 0.15) is 0 Å². The third kappa shape index (κ3) is 3.83. The van der Waals surface area contributed by atoms with Crippen molar-refractivity contribution in [1.82, 2.24) is 5.32 Å². The Bertz CT molecular complexity index is 427. The standard InChI is InChI=1S/C11H12BrNO4/c1-6-2-7(4-8(12)3-6)10(15)13-9(5-14)11(16)17/h2-4,9,14H,5H2,1H3,(H,13,15)(H,16,17)/t9-/m0/s1. The number of halogens is 1. The number of nitrogens with one attached hydrogen (secondary N) is 1. The summed E-state index contributed by atoms with van der Waals surface area (Å²) >= 11 is 3.25. The number of aryl methyl sites for hydroxylation is 1. The second-order valence-corrected chi connectivity index (χ2v) is 4.48. The molecular weight excluding hydrogens is 290 g/mol. The highest BCUT2D eigenvalue weighted by Gasteiger charge is 2.19. The van der Waals surface area contributed by atoms with Crippen LogP contribution in [0.5, 0.6) is 0 Å². The van der Waals surface area contributed by atoms with E-state index in [1.165, 1.54) is 0 Å². The number of carboxylic acids is 1. The summed E-state index contributed by atoms with van der Waals surface area (Å²) in [6.45, 7) is 1.18. The maximum absolute atomic E-state index is 11.7. The van der Waals surface area contributed by atoms with Crippen LogP contribution in [0.3, 0.4) is 0 Å². The highest BCUT2D eigenvalue weighted by atomic mass is 79.9. The van der Waals surface area contributed by atoms with Crippen molar-refractivity contribution >= 4 is 27.8 Å². The molecule has 0 saturated carbocycles. The third-order valence-corrected chi connectivity index (χ3v) is 2.55. The second-order valence-electron chi connectivity index (χ2n) is 3.56. The summed E-state index contributed by atoms with van der Waals surface area (Å²) in [7, 11) is 0. The van der Waals surface area contributed by atoms with E-state index >= 15 is 0 Å². The van der Waals surface area contributed by atoms with Gasteiger partial charge < -0.3 is 15.5 Å². The minimum atomic E-state index is -1.29. The molecule has 0 aliphatic carbocycles. The number of amides is 1. The number of benzene rings is 1. The van der Waals surface area contributed by atoms with Crippen molar-refractivity contribution in [2.24, 2.45) is 0 Å². The number of aliphatic carboxylic acids is 1. The van der Waals surface area contributed by atoms with E-state index in [0.717, 1.165) is 10.0 Å². The van der Waals surface area contributed by atoms with Gasteiger partial charge in [-0.3, -0.25) is 4.79 Å². The lowest BCUT2D eigenvalue weighted by Gasteiger charge is -2.12. The van der Waals surface area contributed by atoms with E-state index in [1.54, 1.807) is 12.1 Å². The lowest BCUT2D eigenvalue weighted by molar-refractivity contribution is -0.140. The lowest BCUT2D eigenvalue weighted by atomic mass is 10.1. The van der Waals surface area contributed by atoms with Gasteiger partial charge in [0.05, 0.1) is 6.61 Å². The summed E-state index contributed by atoms with van der Waals surface area (Å²) in [6, 6.07) is 3.76. The number of rotatable bonds is 4. The van der Waals surface area contributed by atoms with E-state index < -0.39 is 24.5 Å². The summed E-state index contributed by atoms with van der Waals surface area (Å²) in [5.41, 5.74) is 1.22. The van der Waals surface area contributed by atoms with E-state index in [2.05, 4.69) is 21.2 Å². The fourth-order valence-electron chi connectivity index (χ4n) is 1.29. The van der Waals surface area contributed by atoms with Gasteiger partial charge in [-0.1, -0.05) is 15.9 Å². The fourth-order valence-corrected chi connectivity index (χ4v) is 1.90. The maximum Gasteiger partial charge on any atom is 0.328 e. The van der Waals surface area contributed by atoms with Crippen LogP contribution >= 0.6 is 15.9 Å². The van der Waals surface area contributed by atoms with Crippen molar-refractivity contribution in [2.45, 2.75) is 13.0 Å². The molecule has 0 saturated heterocycles. The van der Waals surface area contributed by atoms with Gasteiger partial charge in [-0.05, 0) is 30.7 Å². The van der Waals surface area contributed by atoms with Crippen molar-refractivity contribution < 1.29 is 19.8 Å². The average molecular weight is 302 g/mol. The smallest absolute Gasteiger partial charge is 0.328 e. The van der Waals surface area contributed by atoms with Gasteiger partial charge in [-0.25, -0.2) is 4.79 Å². The largest absolute Gasteiger partial charge is 0.480 e. The molecule has 1 atom stereocenters. The molecular formula is C11H12BrNO4. The molecule has 0 radical (unpaired) electrons. The Hall–Kier alpha value is -1.40. The number of aliphatic hydroxyl groups is 1. The first-order valence-electron chi connectivity index (χ1n) is 4.85. The molecule has 0 aliphatic rings. The first-order chi connectivity index (χ1) is 7.93. The second kappa shape index (κ2) is 5.79. The quantitative estimate of drug-likeness (QED) is 0.772. The highest BCUT2D eigenvalue weighted by molar-refractivity contribution is 9.10. The van der Waals surface area contributed by atoms with E-state index in [0.29, 0.717) is 5.56 Å². The molecule has 0 aliphatic heterocycles. The van der Waals surface area contributed by atoms with E-state index in [9.17, 15) is 9.59 Å². The number of carbonyl (C=O) groups is 2. The van der Waals surface area contributed by atoms with Crippen LogP contribution in [-0.2, 0) is 4.79 Å². The Kier molecular flexibility index (Phi) is 4.65. The Balaban J connectivity index is 2.86. The first-order valence-corrected chi connectivity index (χ1v) is 5.65. The lowest BCUT2D eigenvalue weighted by Crippen LogP contribution is -2.43. The predicted octanol–water partition coefficient (Wildman–Crippen LogP) is 0.933. The molecule has 17 heavy (non-hydrogen) atoms. The predicted molar refractivity (Wildman–Crippen MR) is 64.9 cm³/mol. The zero-order valence-electron chi connectivity index (χ0n) is 9.11. The van der Waals surface area contributed by atoms with Crippen molar-refractivity contribution in [3.8, 4) is 0 Å². The number of hydrogen-bond donors (Lipinski definition) is 3. The van der Waals surface area contributed by atoms with Crippen LogP contribution in [0.15, 0.2) is 22.7 Å². The Morgan fingerprint density at radius 2 is 2.06 bits per heavy atom. The molecule has 6 heteroatoms. The van der Waals surface area contributed by atoms with Crippen molar-refractivity contribution in [3.05, 3.63) is 33.8 Å². The fraction of sp³-hybridized carbons (Fsp3) is 0.273. The van der Waals surface area contributed by atoms with E-state index in [4.69, 9.17) is 10.2 Å². The molecule has 0 heterocycles. The summed E-state index contributed by atoms with van der Waals surface area (Å²) in [4.78, 5) is 22.4. The van der Waals surface area contributed by atoms with Crippen molar-refractivity contribution in [3.63, 3.8) is 0 Å². The maximum atomic E-state index is 11.7.